The van der Waals surface area contributed by atoms with Gasteiger partial charge in [-0.1, -0.05) is 20.8 Å². The van der Waals surface area contributed by atoms with Crippen molar-refractivity contribution in [3.63, 3.8) is 0 Å². The molecule has 0 aromatic rings. The van der Waals surface area contributed by atoms with Crippen LogP contribution >= 0.6 is 0 Å². The van der Waals surface area contributed by atoms with Gasteiger partial charge in [0, 0.05) is 5.41 Å². The Balaban J connectivity index is 2.35. The summed E-state index contributed by atoms with van der Waals surface area (Å²) in [6.45, 7) is 10.3. The quantitative estimate of drug-likeness (QED) is 0.760. The van der Waals surface area contributed by atoms with Crippen LogP contribution in [-0.2, 0) is 19.1 Å². The van der Waals surface area contributed by atoms with E-state index in [1.165, 1.54) is 0 Å². The third-order valence-corrected chi connectivity index (χ3v) is 6.77. The minimum Gasteiger partial charge on any atom is -0.466 e. The lowest BCUT2D eigenvalue weighted by Gasteiger charge is -2.48. The van der Waals surface area contributed by atoms with Gasteiger partial charge in [0.1, 0.15) is 0 Å². The Morgan fingerprint density at radius 1 is 1.17 bits per heavy atom. The molecule has 0 aromatic heterocycles. The minimum absolute atomic E-state index is 0.0683. The molecule has 2 rings (SSSR count). The summed E-state index contributed by atoms with van der Waals surface area (Å²) in [4.78, 5) is 24.5. The minimum atomic E-state index is -1.22. The van der Waals surface area contributed by atoms with Crippen molar-refractivity contribution in [2.45, 2.75) is 65.9 Å². The molecule has 4 atom stereocenters. The summed E-state index contributed by atoms with van der Waals surface area (Å²) < 4.78 is 10.2. The number of carbonyl (C=O) groups excluding carboxylic acids is 2. The van der Waals surface area contributed by atoms with Gasteiger partial charge in [0.2, 0.25) is 0 Å². The van der Waals surface area contributed by atoms with Crippen LogP contribution in [0.3, 0.4) is 0 Å². The molecule has 0 radical (unpaired) electrons. The van der Waals surface area contributed by atoms with Gasteiger partial charge in [-0.05, 0) is 44.4 Å². The lowest BCUT2D eigenvalue weighted by atomic mass is 9.60. The van der Waals surface area contributed by atoms with E-state index in [0.29, 0.717) is 12.3 Å². The molecule has 2 fully saturated rings. The van der Waals surface area contributed by atoms with Crippen LogP contribution in [0.5, 0.6) is 0 Å². The van der Waals surface area contributed by atoms with Crippen LogP contribution in [-0.4, -0.2) is 35.9 Å². The van der Waals surface area contributed by atoms with Crippen LogP contribution < -0.4 is 0 Å². The second-order valence-electron chi connectivity index (χ2n) is 7.73. The van der Waals surface area contributed by atoms with Crippen LogP contribution in [0.1, 0.15) is 60.3 Å². The zero-order valence-electron chi connectivity index (χ0n) is 15.0. The Bertz CT molecular complexity index is 486. The predicted octanol–water partition coefficient (Wildman–Crippen LogP) is 2.70. The third-order valence-electron chi connectivity index (χ3n) is 6.77. The van der Waals surface area contributed by atoms with Crippen LogP contribution in [0.4, 0.5) is 0 Å². The van der Waals surface area contributed by atoms with E-state index < -0.39 is 28.9 Å². The second-order valence-corrected chi connectivity index (χ2v) is 7.73. The number of rotatable bonds is 6. The van der Waals surface area contributed by atoms with Gasteiger partial charge in [0.25, 0.3) is 0 Å². The summed E-state index contributed by atoms with van der Waals surface area (Å²) in [5, 5.41) is 11.5. The standard InChI is InChI=1S/C18H30O5/c1-6-22-14(19)10-13(15(20)23-7-2)18(21)11-12-8-9-17(18,5)16(12,3)4/h12-13,21H,6-11H2,1-5H3. The summed E-state index contributed by atoms with van der Waals surface area (Å²) in [5.74, 6) is -1.46. The van der Waals surface area contributed by atoms with Gasteiger partial charge in [0.05, 0.1) is 31.2 Å². The van der Waals surface area contributed by atoms with E-state index in [1.807, 2.05) is 0 Å². The average molecular weight is 326 g/mol. The molecule has 2 bridgehead atoms. The summed E-state index contributed by atoms with van der Waals surface area (Å²) in [5.41, 5.74) is -1.70. The molecule has 5 heteroatoms. The van der Waals surface area contributed by atoms with Crippen molar-refractivity contribution in [3.05, 3.63) is 0 Å². The van der Waals surface area contributed by atoms with Crippen molar-refractivity contribution in [2.24, 2.45) is 22.7 Å². The first kappa shape index (κ1) is 18.2. The summed E-state index contributed by atoms with van der Waals surface area (Å²) in [6.07, 6.45) is 2.33. The van der Waals surface area contributed by atoms with E-state index in [-0.39, 0.29) is 25.0 Å². The molecule has 5 nitrogen and oxygen atoms in total. The molecule has 2 saturated carbocycles. The first-order chi connectivity index (χ1) is 10.6. The molecular weight excluding hydrogens is 296 g/mol. The highest BCUT2D eigenvalue weighted by Crippen LogP contribution is 2.71. The van der Waals surface area contributed by atoms with Crippen molar-refractivity contribution in [1.82, 2.24) is 0 Å². The molecule has 0 amide bonds. The van der Waals surface area contributed by atoms with Crippen LogP contribution in [0.25, 0.3) is 0 Å². The fourth-order valence-corrected chi connectivity index (χ4v) is 4.93. The van der Waals surface area contributed by atoms with Gasteiger partial charge >= 0.3 is 11.9 Å². The van der Waals surface area contributed by atoms with E-state index in [9.17, 15) is 14.7 Å². The highest BCUT2D eigenvalue weighted by molar-refractivity contribution is 5.81. The normalized spacial score (nSPS) is 35.8. The molecule has 0 aliphatic heterocycles. The number of fused-ring (bicyclic) bond motifs is 2. The Labute approximate surface area is 138 Å². The maximum Gasteiger partial charge on any atom is 0.312 e. The summed E-state index contributed by atoms with van der Waals surface area (Å²) in [6, 6.07) is 0. The highest BCUT2D eigenvalue weighted by Gasteiger charge is 2.71. The van der Waals surface area contributed by atoms with Gasteiger partial charge < -0.3 is 14.6 Å². The second kappa shape index (κ2) is 6.08. The molecule has 0 heterocycles. The molecule has 1 N–H and O–H groups in total. The van der Waals surface area contributed by atoms with E-state index in [1.54, 1.807) is 13.8 Å². The number of hydrogen-bond donors (Lipinski definition) is 1. The first-order valence-corrected chi connectivity index (χ1v) is 8.68. The molecule has 0 aromatic carbocycles. The SMILES string of the molecule is CCOC(=O)CC(C(=O)OCC)C1(O)CC2CCC1(C)C2(C)C. The smallest absolute Gasteiger partial charge is 0.312 e. The van der Waals surface area contributed by atoms with Crippen LogP contribution in [0, 0.1) is 22.7 Å². The van der Waals surface area contributed by atoms with Gasteiger partial charge in [-0.3, -0.25) is 9.59 Å². The molecule has 4 unspecified atom stereocenters. The van der Waals surface area contributed by atoms with E-state index >= 15 is 0 Å². The van der Waals surface area contributed by atoms with Gasteiger partial charge in [-0.15, -0.1) is 0 Å². The molecular formula is C18H30O5. The lowest BCUT2D eigenvalue weighted by molar-refractivity contribution is -0.181. The molecule has 2 aliphatic carbocycles. The predicted molar refractivity (Wildman–Crippen MR) is 85.6 cm³/mol. The number of aliphatic hydroxyl groups is 1. The van der Waals surface area contributed by atoms with E-state index in [4.69, 9.17) is 9.47 Å². The summed E-state index contributed by atoms with van der Waals surface area (Å²) >= 11 is 0. The molecule has 2 aliphatic rings. The van der Waals surface area contributed by atoms with Crippen LogP contribution in [0.2, 0.25) is 0 Å². The number of ether oxygens (including phenoxy) is 2. The zero-order valence-corrected chi connectivity index (χ0v) is 15.0. The molecule has 0 saturated heterocycles. The Kier molecular flexibility index (Phi) is 4.82. The van der Waals surface area contributed by atoms with Gasteiger partial charge in [-0.25, -0.2) is 0 Å². The third kappa shape index (κ3) is 2.57. The van der Waals surface area contributed by atoms with Crippen LogP contribution in [0.15, 0.2) is 0 Å². The van der Waals surface area contributed by atoms with Gasteiger partial charge in [0.15, 0.2) is 0 Å². The Morgan fingerprint density at radius 2 is 1.78 bits per heavy atom. The topological polar surface area (TPSA) is 72.8 Å². The molecule has 0 spiro atoms. The van der Waals surface area contributed by atoms with E-state index in [0.717, 1.165) is 12.8 Å². The van der Waals surface area contributed by atoms with Crippen molar-refractivity contribution < 1.29 is 24.2 Å². The molecule has 132 valence electrons. The fraction of sp³-hybridized carbons (Fsp3) is 0.889. The van der Waals surface area contributed by atoms with Gasteiger partial charge in [-0.2, -0.15) is 0 Å². The maximum atomic E-state index is 12.5. The Hall–Kier alpha value is -1.10. The maximum absolute atomic E-state index is 12.5. The number of esters is 2. The van der Waals surface area contributed by atoms with Crippen molar-refractivity contribution in [3.8, 4) is 0 Å². The Morgan fingerprint density at radius 3 is 2.22 bits per heavy atom. The first-order valence-electron chi connectivity index (χ1n) is 8.68. The fourth-order valence-electron chi connectivity index (χ4n) is 4.93. The zero-order chi connectivity index (χ0) is 17.5. The van der Waals surface area contributed by atoms with E-state index in [2.05, 4.69) is 20.8 Å². The van der Waals surface area contributed by atoms with Crippen molar-refractivity contribution in [2.75, 3.05) is 13.2 Å². The number of carbonyl (C=O) groups is 2. The largest absolute Gasteiger partial charge is 0.466 e. The average Bonchev–Trinajstić information content (AvgIpc) is 2.77. The number of hydrogen-bond acceptors (Lipinski definition) is 5. The highest BCUT2D eigenvalue weighted by atomic mass is 16.5. The summed E-state index contributed by atoms with van der Waals surface area (Å²) in [7, 11) is 0. The monoisotopic (exact) mass is 326 g/mol. The van der Waals surface area contributed by atoms with Crippen molar-refractivity contribution in [1.29, 1.82) is 0 Å². The molecule has 23 heavy (non-hydrogen) atoms. The lowest BCUT2D eigenvalue weighted by Crippen LogP contribution is -2.55. The van der Waals surface area contributed by atoms with Crippen molar-refractivity contribution >= 4 is 11.9 Å².